The Kier molecular flexibility index (Phi) is 7.52. The van der Waals surface area contributed by atoms with Gasteiger partial charge < -0.3 is 14.6 Å². The highest BCUT2D eigenvalue weighted by molar-refractivity contribution is 6.30. The Hall–Kier alpha value is -4.09. The van der Waals surface area contributed by atoms with Crippen LogP contribution in [0.25, 0.3) is 10.9 Å². The number of aryl methyl sites for hydroxylation is 1. The number of halogens is 1. The molecule has 1 atom stereocenters. The fourth-order valence-electron chi connectivity index (χ4n) is 4.63. The van der Waals surface area contributed by atoms with Crippen molar-refractivity contribution in [3.8, 4) is 11.5 Å². The molecular formula is C31H28ClN3O2. The standard InChI is InChI=1S/C31H28ClN3O2/c1-35-21-29(27-10-2-3-11-30(27)35)28(20-31(36)34-18-16-24-8-4-5-17-33-24)22-7-6-9-26(19-22)37-25-14-12-23(32)13-15-25/h2-15,17,19,21,28H,16,18,20H2,1H3,(H,34,36)/t28-/m1/s1. The van der Waals surface area contributed by atoms with Crippen LogP contribution in [0.5, 0.6) is 11.5 Å². The van der Waals surface area contributed by atoms with Crippen LogP contribution in [0.1, 0.15) is 29.2 Å². The minimum absolute atomic E-state index is 0.00196. The molecule has 0 fully saturated rings. The molecule has 0 radical (unpaired) electrons. The molecule has 5 aromatic rings. The van der Waals surface area contributed by atoms with E-state index in [9.17, 15) is 4.79 Å². The molecule has 2 heterocycles. The first kappa shape index (κ1) is 24.6. The van der Waals surface area contributed by atoms with E-state index in [1.165, 1.54) is 0 Å². The van der Waals surface area contributed by atoms with Crippen LogP contribution in [0.4, 0.5) is 0 Å². The number of carbonyl (C=O) groups is 1. The molecule has 0 spiro atoms. The van der Waals surface area contributed by atoms with Crippen LogP contribution in [0.2, 0.25) is 5.02 Å². The number of ether oxygens (including phenoxy) is 1. The molecule has 1 amide bonds. The lowest BCUT2D eigenvalue weighted by atomic mass is 9.88. The third-order valence-electron chi connectivity index (χ3n) is 6.43. The molecule has 5 nitrogen and oxygen atoms in total. The number of carbonyl (C=O) groups excluding carboxylic acids is 1. The molecule has 3 aromatic carbocycles. The molecule has 0 bridgehead atoms. The molecule has 37 heavy (non-hydrogen) atoms. The molecule has 5 rings (SSSR count). The predicted molar refractivity (Wildman–Crippen MR) is 148 cm³/mol. The average molecular weight is 510 g/mol. The molecule has 0 saturated carbocycles. The van der Waals surface area contributed by atoms with E-state index in [0.29, 0.717) is 35.9 Å². The van der Waals surface area contributed by atoms with Gasteiger partial charge in [-0.3, -0.25) is 9.78 Å². The molecular weight excluding hydrogens is 482 g/mol. The van der Waals surface area contributed by atoms with Crippen LogP contribution in [0, 0.1) is 0 Å². The Morgan fingerprint density at radius 2 is 1.78 bits per heavy atom. The van der Waals surface area contributed by atoms with Gasteiger partial charge in [-0.2, -0.15) is 0 Å². The first-order valence-electron chi connectivity index (χ1n) is 12.3. The van der Waals surface area contributed by atoms with E-state index in [-0.39, 0.29) is 11.8 Å². The summed E-state index contributed by atoms with van der Waals surface area (Å²) in [6.45, 7) is 0.540. The summed E-state index contributed by atoms with van der Waals surface area (Å²) in [5, 5.41) is 4.88. The number of para-hydroxylation sites is 1. The normalized spacial score (nSPS) is 11.8. The molecule has 0 aliphatic carbocycles. The Morgan fingerprint density at radius 3 is 2.59 bits per heavy atom. The van der Waals surface area contributed by atoms with Crippen LogP contribution < -0.4 is 10.1 Å². The van der Waals surface area contributed by atoms with Crippen LogP contribution >= 0.6 is 11.6 Å². The lowest BCUT2D eigenvalue weighted by Crippen LogP contribution is -2.27. The largest absolute Gasteiger partial charge is 0.457 e. The zero-order chi connectivity index (χ0) is 25.6. The number of benzene rings is 3. The van der Waals surface area contributed by atoms with Gasteiger partial charge in [-0.15, -0.1) is 0 Å². The predicted octanol–water partition coefficient (Wildman–Crippen LogP) is 6.90. The SMILES string of the molecule is Cn1cc([C@H](CC(=O)NCCc2ccccn2)c2cccc(Oc3ccc(Cl)cc3)c2)c2ccccc21. The molecule has 1 N–H and O–H groups in total. The van der Waals surface area contributed by atoms with Gasteiger partial charge in [0.2, 0.25) is 5.91 Å². The molecule has 0 aliphatic rings. The Labute approximate surface area is 221 Å². The number of pyridine rings is 1. The first-order chi connectivity index (χ1) is 18.1. The maximum Gasteiger partial charge on any atom is 0.220 e. The highest BCUT2D eigenvalue weighted by atomic mass is 35.5. The lowest BCUT2D eigenvalue weighted by Gasteiger charge is -2.18. The van der Waals surface area contributed by atoms with Gasteiger partial charge in [-0.25, -0.2) is 0 Å². The molecule has 2 aromatic heterocycles. The third kappa shape index (κ3) is 6.01. The van der Waals surface area contributed by atoms with Gasteiger partial charge in [0, 0.05) is 66.4 Å². The van der Waals surface area contributed by atoms with E-state index in [1.54, 1.807) is 18.3 Å². The van der Waals surface area contributed by atoms with E-state index >= 15 is 0 Å². The van der Waals surface area contributed by atoms with E-state index < -0.39 is 0 Å². The number of nitrogens with one attached hydrogen (secondary N) is 1. The number of nitrogens with zero attached hydrogens (tertiary/aromatic N) is 2. The first-order valence-corrected chi connectivity index (χ1v) is 12.7. The van der Waals surface area contributed by atoms with Gasteiger partial charge in [-0.1, -0.05) is 48.0 Å². The summed E-state index contributed by atoms with van der Waals surface area (Å²) in [5.74, 6) is 1.27. The Bertz CT molecular complexity index is 1500. The highest BCUT2D eigenvalue weighted by Gasteiger charge is 2.23. The topological polar surface area (TPSA) is 56.2 Å². The van der Waals surface area contributed by atoms with E-state index in [2.05, 4.69) is 39.3 Å². The van der Waals surface area contributed by atoms with Crippen molar-refractivity contribution >= 4 is 28.4 Å². The quantitative estimate of drug-likeness (QED) is 0.235. The summed E-state index contributed by atoms with van der Waals surface area (Å²) in [6, 6.07) is 29.4. The van der Waals surface area contributed by atoms with Crippen molar-refractivity contribution in [2.24, 2.45) is 7.05 Å². The molecule has 0 unspecified atom stereocenters. The zero-order valence-corrected chi connectivity index (χ0v) is 21.4. The number of hydrogen-bond acceptors (Lipinski definition) is 3. The molecule has 0 saturated heterocycles. The van der Waals surface area contributed by atoms with Gasteiger partial charge in [-0.05, 0) is 65.7 Å². The van der Waals surface area contributed by atoms with Gasteiger partial charge >= 0.3 is 0 Å². The van der Waals surface area contributed by atoms with Gasteiger partial charge in [0.1, 0.15) is 11.5 Å². The summed E-state index contributed by atoms with van der Waals surface area (Å²) < 4.78 is 8.22. The highest BCUT2D eigenvalue weighted by Crippen LogP contribution is 2.36. The van der Waals surface area contributed by atoms with Crippen molar-refractivity contribution in [2.75, 3.05) is 6.54 Å². The van der Waals surface area contributed by atoms with E-state index in [1.807, 2.05) is 67.7 Å². The summed E-state index contributed by atoms with van der Waals surface area (Å²) >= 11 is 6.02. The molecule has 186 valence electrons. The van der Waals surface area contributed by atoms with E-state index in [0.717, 1.165) is 27.7 Å². The number of hydrogen-bond donors (Lipinski definition) is 1. The van der Waals surface area contributed by atoms with Crippen LogP contribution in [0.3, 0.4) is 0 Å². The summed E-state index contributed by atoms with van der Waals surface area (Å²) in [7, 11) is 2.04. The van der Waals surface area contributed by atoms with Gasteiger partial charge in [0.25, 0.3) is 0 Å². The number of aromatic nitrogens is 2. The van der Waals surface area contributed by atoms with E-state index in [4.69, 9.17) is 16.3 Å². The van der Waals surface area contributed by atoms with Crippen molar-refractivity contribution in [3.63, 3.8) is 0 Å². The fraction of sp³-hybridized carbons (Fsp3) is 0.161. The zero-order valence-electron chi connectivity index (χ0n) is 20.6. The number of amides is 1. The smallest absolute Gasteiger partial charge is 0.220 e. The summed E-state index contributed by atoms with van der Waals surface area (Å²) in [4.78, 5) is 17.5. The third-order valence-corrected chi connectivity index (χ3v) is 6.68. The van der Waals surface area contributed by atoms with Crippen LogP contribution in [0.15, 0.2) is 103 Å². The second kappa shape index (κ2) is 11.3. The van der Waals surface area contributed by atoms with Gasteiger partial charge in [0.05, 0.1) is 0 Å². The van der Waals surface area contributed by atoms with Crippen molar-refractivity contribution in [2.45, 2.75) is 18.8 Å². The molecule has 0 aliphatic heterocycles. The van der Waals surface area contributed by atoms with Crippen molar-refractivity contribution < 1.29 is 9.53 Å². The monoisotopic (exact) mass is 509 g/mol. The minimum atomic E-state index is -0.144. The van der Waals surface area contributed by atoms with Gasteiger partial charge in [0.15, 0.2) is 0 Å². The van der Waals surface area contributed by atoms with Crippen molar-refractivity contribution in [3.05, 3.63) is 125 Å². The van der Waals surface area contributed by atoms with Crippen LogP contribution in [-0.4, -0.2) is 22.0 Å². The Morgan fingerprint density at radius 1 is 0.973 bits per heavy atom. The number of rotatable bonds is 9. The number of fused-ring (bicyclic) bond motifs is 1. The fourth-order valence-corrected chi connectivity index (χ4v) is 4.75. The van der Waals surface area contributed by atoms with Crippen molar-refractivity contribution in [1.29, 1.82) is 0 Å². The molecule has 6 heteroatoms. The summed E-state index contributed by atoms with van der Waals surface area (Å²) in [5.41, 5.74) is 4.22. The second-order valence-electron chi connectivity index (χ2n) is 9.02. The maximum absolute atomic E-state index is 13.2. The Balaban J connectivity index is 1.41. The lowest BCUT2D eigenvalue weighted by molar-refractivity contribution is -0.121. The average Bonchev–Trinajstić information content (AvgIpc) is 3.25. The van der Waals surface area contributed by atoms with Crippen LogP contribution in [-0.2, 0) is 18.3 Å². The van der Waals surface area contributed by atoms with Crippen molar-refractivity contribution in [1.82, 2.24) is 14.9 Å². The maximum atomic E-state index is 13.2. The second-order valence-corrected chi connectivity index (χ2v) is 9.46. The minimum Gasteiger partial charge on any atom is -0.457 e. The summed E-state index contributed by atoms with van der Waals surface area (Å²) in [6.07, 6.45) is 4.91.